The number of hydrogen-bond acceptors (Lipinski definition) is 2. The van der Waals surface area contributed by atoms with Gasteiger partial charge in [-0.1, -0.05) is 64.0 Å². The molecule has 134 valence electrons. The van der Waals surface area contributed by atoms with Gasteiger partial charge < -0.3 is 10.2 Å². The number of carboxylic acids is 1. The van der Waals surface area contributed by atoms with E-state index in [2.05, 4.69) is 13.0 Å². The first-order valence-corrected chi connectivity index (χ1v) is 9.71. The Morgan fingerprint density at radius 1 is 1.13 bits per heavy atom. The number of allylic oxidation sites excluding steroid dienone is 1. The lowest BCUT2D eigenvalue weighted by Crippen LogP contribution is -2.08. The molecule has 1 aliphatic carbocycles. The van der Waals surface area contributed by atoms with Crippen molar-refractivity contribution in [1.29, 1.82) is 0 Å². The Balaban J connectivity index is 2.16. The molecule has 1 saturated carbocycles. The quantitative estimate of drug-likeness (QED) is 0.356. The largest absolute Gasteiger partial charge is 0.481 e. The highest BCUT2D eigenvalue weighted by Gasteiger charge is 2.24. The van der Waals surface area contributed by atoms with E-state index in [1.54, 1.807) is 0 Å². The zero-order chi connectivity index (χ0) is 16.9. The third-order valence-corrected chi connectivity index (χ3v) is 5.12. The van der Waals surface area contributed by atoms with Crippen molar-refractivity contribution < 1.29 is 15.0 Å². The highest BCUT2D eigenvalue weighted by atomic mass is 16.4. The standard InChI is InChI=1S/C20H36O3/c1-2-3-6-13-19(21)16-15-18-12-9-11-17(18)10-7-4-5-8-14-20(22)23/h15-19,21H,2-14H2,1H3,(H,22,23)/b16-15-/t17-,18+,19?/m0/s1. The predicted molar refractivity (Wildman–Crippen MR) is 95.5 cm³/mol. The second kappa shape index (κ2) is 12.6. The number of hydrogen-bond donors (Lipinski definition) is 2. The van der Waals surface area contributed by atoms with Crippen LogP contribution in [0.1, 0.15) is 90.4 Å². The Morgan fingerprint density at radius 2 is 1.91 bits per heavy atom. The van der Waals surface area contributed by atoms with Crippen molar-refractivity contribution in [2.45, 2.75) is 96.5 Å². The third-order valence-electron chi connectivity index (χ3n) is 5.12. The van der Waals surface area contributed by atoms with Crippen LogP contribution in [0.4, 0.5) is 0 Å². The van der Waals surface area contributed by atoms with Crippen LogP contribution in [0.5, 0.6) is 0 Å². The summed E-state index contributed by atoms with van der Waals surface area (Å²) in [4.78, 5) is 10.5. The third kappa shape index (κ3) is 9.80. The second-order valence-corrected chi connectivity index (χ2v) is 7.15. The van der Waals surface area contributed by atoms with Crippen molar-refractivity contribution in [3.05, 3.63) is 12.2 Å². The average Bonchev–Trinajstić information content (AvgIpc) is 2.96. The molecule has 0 spiro atoms. The Kier molecular flexibility index (Phi) is 11.1. The molecule has 0 heterocycles. The van der Waals surface area contributed by atoms with Crippen LogP contribution >= 0.6 is 0 Å². The molecule has 0 bridgehead atoms. The van der Waals surface area contributed by atoms with E-state index in [4.69, 9.17) is 5.11 Å². The Labute approximate surface area is 142 Å². The summed E-state index contributed by atoms with van der Waals surface area (Å²) in [6.45, 7) is 2.19. The smallest absolute Gasteiger partial charge is 0.303 e. The predicted octanol–water partition coefficient (Wildman–Crippen LogP) is 5.33. The van der Waals surface area contributed by atoms with Gasteiger partial charge in [0, 0.05) is 6.42 Å². The molecule has 0 aromatic heterocycles. The lowest BCUT2D eigenvalue weighted by atomic mass is 9.89. The summed E-state index contributed by atoms with van der Waals surface area (Å²) in [5, 5.41) is 18.6. The topological polar surface area (TPSA) is 57.5 Å². The lowest BCUT2D eigenvalue weighted by molar-refractivity contribution is -0.137. The zero-order valence-electron chi connectivity index (χ0n) is 14.9. The van der Waals surface area contributed by atoms with E-state index < -0.39 is 5.97 Å². The molecule has 1 unspecified atom stereocenters. The maximum atomic E-state index is 10.5. The second-order valence-electron chi connectivity index (χ2n) is 7.15. The minimum Gasteiger partial charge on any atom is -0.481 e. The van der Waals surface area contributed by atoms with E-state index in [9.17, 15) is 9.90 Å². The molecule has 0 aliphatic heterocycles. The van der Waals surface area contributed by atoms with E-state index in [1.807, 2.05) is 6.08 Å². The van der Waals surface area contributed by atoms with Gasteiger partial charge in [0.05, 0.1) is 6.10 Å². The summed E-state index contributed by atoms with van der Waals surface area (Å²) in [6.07, 6.45) is 18.1. The molecule has 0 radical (unpaired) electrons. The molecule has 0 aromatic carbocycles. The molecule has 1 rings (SSSR count). The molecule has 1 fully saturated rings. The van der Waals surface area contributed by atoms with Crippen LogP contribution in [0.3, 0.4) is 0 Å². The van der Waals surface area contributed by atoms with Gasteiger partial charge in [0.15, 0.2) is 0 Å². The van der Waals surface area contributed by atoms with Crippen molar-refractivity contribution in [2.75, 3.05) is 0 Å². The van der Waals surface area contributed by atoms with E-state index >= 15 is 0 Å². The first kappa shape index (κ1) is 20.2. The van der Waals surface area contributed by atoms with Crippen molar-refractivity contribution in [1.82, 2.24) is 0 Å². The maximum absolute atomic E-state index is 10.5. The van der Waals surface area contributed by atoms with Gasteiger partial charge >= 0.3 is 5.97 Å². The van der Waals surface area contributed by atoms with Gasteiger partial charge in [-0.2, -0.15) is 0 Å². The summed E-state index contributed by atoms with van der Waals surface area (Å²) in [6, 6.07) is 0. The molecule has 3 nitrogen and oxygen atoms in total. The Morgan fingerprint density at radius 3 is 2.65 bits per heavy atom. The van der Waals surface area contributed by atoms with Crippen molar-refractivity contribution in [3.63, 3.8) is 0 Å². The maximum Gasteiger partial charge on any atom is 0.303 e. The molecular formula is C20H36O3. The normalized spacial score (nSPS) is 22.7. The lowest BCUT2D eigenvalue weighted by Gasteiger charge is -2.16. The number of rotatable bonds is 13. The Bertz CT molecular complexity index is 338. The van der Waals surface area contributed by atoms with Gasteiger partial charge in [-0.15, -0.1) is 0 Å². The molecule has 3 atom stereocenters. The fraction of sp³-hybridized carbons (Fsp3) is 0.850. The van der Waals surface area contributed by atoms with E-state index in [1.165, 1.54) is 44.9 Å². The van der Waals surface area contributed by atoms with Crippen LogP contribution in [-0.4, -0.2) is 22.3 Å². The Hall–Kier alpha value is -0.830. The molecule has 0 amide bonds. The number of carbonyl (C=O) groups is 1. The SMILES string of the molecule is CCCCCC(O)/C=C\[C@H]1CCC[C@@H]1CCCCCCC(=O)O. The number of aliphatic carboxylic acids is 1. The van der Waals surface area contributed by atoms with Gasteiger partial charge in [-0.3, -0.25) is 4.79 Å². The van der Waals surface area contributed by atoms with E-state index in [-0.39, 0.29) is 6.10 Å². The number of unbranched alkanes of at least 4 members (excludes halogenated alkanes) is 5. The van der Waals surface area contributed by atoms with Crippen LogP contribution in [0.2, 0.25) is 0 Å². The molecule has 23 heavy (non-hydrogen) atoms. The van der Waals surface area contributed by atoms with Crippen molar-refractivity contribution in [2.24, 2.45) is 11.8 Å². The van der Waals surface area contributed by atoms with Gasteiger partial charge in [-0.25, -0.2) is 0 Å². The van der Waals surface area contributed by atoms with E-state index in [0.717, 1.165) is 38.0 Å². The summed E-state index contributed by atoms with van der Waals surface area (Å²) in [7, 11) is 0. The molecule has 0 aromatic rings. The first-order valence-electron chi connectivity index (χ1n) is 9.71. The van der Waals surface area contributed by atoms with Crippen LogP contribution in [-0.2, 0) is 4.79 Å². The average molecular weight is 325 g/mol. The highest BCUT2D eigenvalue weighted by molar-refractivity contribution is 5.66. The number of aliphatic hydroxyl groups excluding tert-OH is 1. The van der Waals surface area contributed by atoms with Crippen molar-refractivity contribution >= 4 is 5.97 Å². The van der Waals surface area contributed by atoms with Crippen LogP contribution < -0.4 is 0 Å². The summed E-state index contributed by atoms with van der Waals surface area (Å²) >= 11 is 0. The molecule has 1 aliphatic rings. The number of aliphatic hydroxyl groups is 1. The fourth-order valence-corrected chi connectivity index (χ4v) is 3.68. The first-order chi connectivity index (χ1) is 11.1. The van der Waals surface area contributed by atoms with Crippen LogP contribution in [0, 0.1) is 11.8 Å². The van der Waals surface area contributed by atoms with Gasteiger partial charge in [-0.05, 0) is 43.9 Å². The zero-order valence-corrected chi connectivity index (χ0v) is 14.9. The molecular weight excluding hydrogens is 288 g/mol. The van der Waals surface area contributed by atoms with Gasteiger partial charge in [0.2, 0.25) is 0 Å². The van der Waals surface area contributed by atoms with Gasteiger partial charge in [0.25, 0.3) is 0 Å². The summed E-state index contributed by atoms with van der Waals surface area (Å²) in [5.41, 5.74) is 0. The van der Waals surface area contributed by atoms with E-state index in [0.29, 0.717) is 12.3 Å². The minimum absolute atomic E-state index is 0.265. The minimum atomic E-state index is -0.677. The molecule has 0 saturated heterocycles. The molecule has 3 heteroatoms. The molecule has 2 N–H and O–H groups in total. The highest BCUT2D eigenvalue weighted by Crippen LogP contribution is 2.36. The fourth-order valence-electron chi connectivity index (χ4n) is 3.68. The summed E-state index contributed by atoms with van der Waals surface area (Å²) < 4.78 is 0. The van der Waals surface area contributed by atoms with Crippen LogP contribution in [0.15, 0.2) is 12.2 Å². The van der Waals surface area contributed by atoms with Gasteiger partial charge in [0.1, 0.15) is 0 Å². The number of carboxylic acid groups (broad SMARTS) is 1. The monoisotopic (exact) mass is 324 g/mol. The summed E-state index contributed by atoms with van der Waals surface area (Å²) in [5.74, 6) is 0.742. The van der Waals surface area contributed by atoms with Crippen molar-refractivity contribution in [3.8, 4) is 0 Å². The van der Waals surface area contributed by atoms with Crippen LogP contribution in [0.25, 0.3) is 0 Å².